The van der Waals surface area contributed by atoms with Crippen molar-refractivity contribution in [3.8, 4) is 0 Å². The summed E-state index contributed by atoms with van der Waals surface area (Å²) >= 11 is 0.865. The molecule has 8 nitrogen and oxygen atoms in total. The molecule has 2 heterocycles. The number of nitrogens with zero attached hydrogens (tertiary/aromatic N) is 2. The molecule has 0 radical (unpaired) electrons. The summed E-state index contributed by atoms with van der Waals surface area (Å²) in [6.07, 6.45) is 1.98. The van der Waals surface area contributed by atoms with Gasteiger partial charge in [0.05, 0.1) is 10.6 Å². The van der Waals surface area contributed by atoms with Gasteiger partial charge in [0.25, 0.3) is 17.1 Å². The molecule has 4 rings (SSSR count). The van der Waals surface area contributed by atoms with E-state index in [4.69, 9.17) is 0 Å². The summed E-state index contributed by atoms with van der Waals surface area (Å²) in [6, 6.07) is 15.4. The Bertz CT molecular complexity index is 1130. The molecule has 0 spiro atoms. The lowest BCUT2D eigenvalue weighted by atomic mass is 10.1. The van der Waals surface area contributed by atoms with E-state index in [1.54, 1.807) is 24.3 Å². The van der Waals surface area contributed by atoms with Crippen molar-refractivity contribution in [1.29, 1.82) is 0 Å². The Morgan fingerprint density at radius 1 is 0.969 bits per heavy atom. The lowest BCUT2D eigenvalue weighted by molar-refractivity contribution is -0.123. The van der Waals surface area contributed by atoms with Crippen LogP contribution in [0.15, 0.2) is 59.5 Å². The van der Waals surface area contributed by atoms with Gasteiger partial charge in [-0.2, -0.15) is 0 Å². The molecule has 162 valence electrons. The second kappa shape index (κ2) is 9.19. The first kappa shape index (κ1) is 21.5. The maximum Gasteiger partial charge on any atom is 0.293 e. The summed E-state index contributed by atoms with van der Waals surface area (Å²) in [4.78, 5) is 63.6. The van der Waals surface area contributed by atoms with Gasteiger partial charge in [-0.3, -0.25) is 33.8 Å². The summed E-state index contributed by atoms with van der Waals surface area (Å²) < 4.78 is 0. The van der Waals surface area contributed by atoms with Gasteiger partial charge in [0, 0.05) is 31.5 Å². The monoisotopic (exact) mass is 449 g/mol. The number of carbonyl (C=O) groups excluding carboxylic acids is 5. The van der Waals surface area contributed by atoms with Crippen LogP contribution in [0.3, 0.4) is 0 Å². The fourth-order valence-electron chi connectivity index (χ4n) is 3.43. The molecule has 0 atom stereocenters. The molecule has 0 saturated carbocycles. The van der Waals surface area contributed by atoms with Gasteiger partial charge < -0.3 is 5.32 Å². The van der Waals surface area contributed by atoms with E-state index in [-0.39, 0.29) is 48.5 Å². The number of hydrogen-bond acceptors (Lipinski definition) is 6. The van der Waals surface area contributed by atoms with Crippen molar-refractivity contribution in [2.24, 2.45) is 0 Å². The van der Waals surface area contributed by atoms with Crippen LogP contribution in [0.4, 0.5) is 10.5 Å². The van der Waals surface area contributed by atoms with E-state index in [0.717, 1.165) is 27.1 Å². The van der Waals surface area contributed by atoms with Gasteiger partial charge in [0.2, 0.25) is 11.8 Å². The number of anilines is 1. The summed E-state index contributed by atoms with van der Waals surface area (Å²) in [5, 5.41) is 2.28. The fourth-order valence-corrected chi connectivity index (χ4v) is 4.29. The number of amides is 5. The van der Waals surface area contributed by atoms with Crippen LogP contribution in [0.2, 0.25) is 0 Å². The second-order valence-corrected chi connectivity index (χ2v) is 8.17. The van der Waals surface area contributed by atoms with Crippen LogP contribution in [-0.4, -0.2) is 46.9 Å². The minimum absolute atomic E-state index is 0.0331. The Hall–Kier alpha value is -3.72. The van der Waals surface area contributed by atoms with Crippen molar-refractivity contribution in [3.05, 3.63) is 70.6 Å². The van der Waals surface area contributed by atoms with Gasteiger partial charge in [-0.15, -0.1) is 0 Å². The zero-order chi connectivity index (χ0) is 22.7. The standard InChI is InChI=1S/C23H19N3O5S/c27-19-9-10-20(28)26(19)17-8-4-7-16(14-17)21(29)24-11-12-25-22(30)18(32-23(25)31)13-15-5-2-1-3-6-15/h1-8,13-14H,9-12H2,(H,24,29). The van der Waals surface area contributed by atoms with Gasteiger partial charge >= 0.3 is 0 Å². The molecule has 5 amide bonds. The van der Waals surface area contributed by atoms with Crippen molar-refractivity contribution in [2.45, 2.75) is 12.8 Å². The number of hydrogen-bond donors (Lipinski definition) is 1. The highest BCUT2D eigenvalue weighted by Crippen LogP contribution is 2.31. The van der Waals surface area contributed by atoms with Crippen molar-refractivity contribution < 1.29 is 24.0 Å². The van der Waals surface area contributed by atoms with Crippen LogP contribution in [-0.2, 0) is 14.4 Å². The van der Waals surface area contributed by atoms with Crippen LogP contribution < -0.4 is 10.2 Å². The van der Waals surface area contributed by atoms with E-state index in [2.05, 4.69) is 5.32 Å². The molecule has 2 aliphatic heterocycles. The average molecular weight is 449 g/mol. The Balaban J connectivity index is 1.36. The third kappa shape index (κ3) is 4.47. The Morgan fingerprint density at radius 2 is 1.69 bits per heavy atom. The number of rotatable bonds is 6. The number of nitrogens with one attached hydrogen (secondary N) is 1. The lowest BCUT2D eigenvalue weighted by Gasteiger charge is -2.15. The molecule has 0 aromatic heterocycles. The van der Waals surface area contributed by atoms with Crippen molar-refractivity contribution in [3.63, 3.8) is 0 Å². The fraction of sp³-hybridized carbons (Fsp3) is 0.174. The van der Waals surface area contributed by atoms with Crippen LogP contribution in [0.5, 0.6) is 0 Å². The molecule has 1 N–H and O–H groups in total. The summed E-state index contributed by atoms with van der Waals surface area (Å²) in [6.45, 7) is 0.104. The Kier molecular flexibility index (Phi) is 6.18. The van der Waals surface area contributed by atoms with Crippen LogP contribution >= 0.6 is 11.8 Å². The first-order valence-electron chi connectivity index (χ1n) is 9.98. The molecule has 2 aliphatic rings. The molecular weight excluding hydrogens is 430 g/mol. The molecule has 9 heteroatoms. The van der Waals surface area contributed by atoms with E-state index in [1.807, 2.05) is 30.3 Å². The maximum absolute atomic E-state index is 12.6. The Morgan fingerprint density at radius 3 is 2.41 bits per heavy atom. The quantitative estimate of drug-likeness (QED) is 0.537. The molecule has 2 aromatic carbocycles. The van der Waals surface area contributed by atoms with Gasteiger partial charge in [-0.1, -0.05) is 36.4 Å². The van der Waals surface area contributed by atoms with E-state index in [0.29, 0.717) is 10.6 Å². The predicted octanol–water partition coefficient (Wildman–Crippen LogP) is 2.81. The number of thioether (sulfide) groups is 1. The summed E-state index contributed by atoms with van der Waals surface area (Å²) in [5.41, 5.74) is 1.44. The maximum atomic E-state index is 12.6. The van der Waals surface area contributed by atoms with Gasteiger partial charge in [0.1, 0.15) is 0 Å². The third-order valence-corrected chi connectivity index (χ3v) is 5.92. The number of imide groups is 2. The first-order valence-corrected chi connectivity index (χ1v) is 10.8. The van der Waals surface area contributed by atoms with Crippen LogP contribution in [0.25, 0.3) is 6.08 Å². The zero-order valence-electron chi connectivity index (χ0n) is 16.9. The predicted molar refractivity (Wildman–Crippen MR) is 120 cm³/mol. The number of benzene rings is 2. The molecule has 0 bridgehead atoms. The van der Waals surface area contributed by atoms with Crippen LogP contribution in [0, 0.1) is 0 Å². The highest BCUT2D eigenvalue weighted by atomic mass is 32.2. The van der Waals surface area contributed by atoms with Gasteiger partial charge in [-0.05, 0) is 41.6 Å². The molecule has 2 aromatic rings. The smallest absolute Gasteiger partial charge is 0.293 e. The minimum atomic E-state index is -0.433. The highest BCUT2D eigenvalue weighted by Gasteiger charge is 2.34. The molecule has 0 aliphatic carbocycles. The highest BCUT2D eigenvalue weighted by molar-refractivity contribution is 8.18. The van der Waals surface area contributed by atoms with Crippen molar-refractivity contribution >= 4 is 52.4 Å². The van der Waals surface area contributed by atoms with Crippen molar-refractivity contribution in [2.75, 3.05) is 18.0 Å². The van der Waals surface area contributed by atoms with E-state index >= 15 is 0 Å². The van der Waals surface area contributed by atoms with E-state index < -0.39 is 11.8 Å². The normalized spacial score (nSPS) is 17.6. The SMILES string of the molecule is O=C(NCCN1C(=O)SC(=Cc2ccccc2)C1=O)c1cccc(N2C(=O)CCC2=O)c1. The molecule has 2 fully saturated rings. The average Bonchev–Trinajstić information content (AvgIpc) is 3.26. The van der Waals surface area contributed by atoms with E-state index in [1.165, 1.54) is 6.07 Å². The first-order chi connectivity index (χ1) is 15.4. The minimum Gasteiger partial charge on any atom is -0.350 e. The van der Waals surface area contributed by atoms with Crippen LogP contribution in [0.1, 0.15) is 28.8 Å². The van der Waals surface area contributed by atoms with Crippen molar-refractivity contribution in [1.82, 2.24) is 10.2 Å². The largest absolute Gasteiger partial charge is 0.350 e. The molecule has 32 heavy (non-hydrogen) atoms. The topological polar surface area (TPSA) is 104 Å². The van der Waals surface area contributed by atoms with Gasteiger partial charge in [-0.25, -0.2) is 0 Å². The zero-order valence-corrected chi connectivity index (χ0v) is 17.8. The molecule has 2 saturated heterocycles. The Labute approximate surface area is 188 Å². The van der Waals surface area contributed by atoms with E-state index in [9.17, 15) is 24.0 Å². The molecule has 0 unspecified atom stereocenters. The lowest BCUT2D eigenvalue weighted by Crippen LogP contribution is -2.37. The number of carbonyl (C=O) groups is 5. The molecular formula is C23H19N3O5S. The third-order valence-electron chi connectivity index (χ3n) is 5.01. The summed E-state index contributed by atoms with van der Waals surface area (Å²) in [5.74, 6) is -1.42. The summed E-state index contributed by atoms with van der Waals surface area (Å²) in [7, 11) is 0. The van der Waals surface area contributed by atoms with Gasteiger partial charge in [0.15, 0.2) is 0 Å². The second-order valence-electron chi connectivity index (χ2n) is 7.17.